The van der Waals surface area contributed by atoms with Gasteiger partial charge in [-0.25, -0.2) is 4.79 Å². The van der Waals surface area contributed by atoms with Crippen molar-refractivity contribution >= 4 is 11.9 Å². The Morgan fingerprint density at radius 1 is 1.05 bits per heavy atom. The Balaban J connectivity index is 1.20. The Bertz CT molecular complexity index is 1170. The van der Waals surface area contributed by atoms with Crippen LogP contribution in [0.5, 0.6) is 0 Å². The molecule has 2 saturated heterocycles. The molecule has 2 amide bonds. The fraction of sp³-hybridized carbons (Fsp3) is 0.593. The highest BCUT2D eigenvalue weighted by Gasteiger charge is 2.59. The quantitative estimate of drug-likeness (QED) is 0.595. The molecule has 1 aromatic heterocycles. The maximum Gasteiger partial charge on any atom is 0.416 e. The number of carbonyl (C=O) groups is 2. The minimum Gasteiger partial charge on any atom is -0.378 e. The number of carbonyl (C=O) groups excluding carboxylic acids is 2. The summed E-state index contributed by atoms with van der Waals surface area (Å²) < 4.78 is 45.2. The number of halogens is 3. The van der Waals surface area contributed by atoms with Crippen molar-refractivity contribution in [3.8, 4) is 0 Å². The summed E-state index contributed by atoms with van der Waals surface area (Å²) in [5.74, 6) is -0.150. The van der Waals surface area contributed by atoms with Crippen LogP contribution >= 0.6 is 0 Å². The first-order valence-corrected chi connectivity index (χ1v) is 13.0. The summed E-state index contributed by atoms with van der Waals surface area (Å²) in [5.41, 5.74) is 0.370. The Hall–Kier alpha value is -2.92. The van der Waals surface area contributed by atoms with Gasteiger partial charge in [0.2, 0.25) is 0 Å². The molecule has 1 aliphatic carbocycles. The van der Waals surface area contributed by atoms with E-state index in [0.717, 1.165) is 30.5 Å². The maximum atomic E-state index is 13.3. The zero-order valence-corrected chi connectivity index (χ0v) is 22.0. The van der Waals surface area contributed by atoms with E-state index >= 15 is 0 Å². The standard InChI is InChI=1S/C27H34F3N5O3/c1-25-12-22(32(3)15-19-4-6-21(7-5-19)27(28,29)30)13-26(25,2)18-34(17-25)24(37)35-16-20(14-31-35)23(36)33-8-10-38-11-9-33/h4-7,14,16,22H,8-13,15,17-18H2,1-3H3. The molecular formula is C27H34F3N5O3. The Morgan fingerprint density at radius 3 is 2.24 bits per heavy atom. The molecule has 11 heteroatoms. The summed E-state index contributed by atoms with van der Waals surface area (Å²) in [6, 6.07) is 5.37. The summed E-state index contributed by atoms with van der Waals surface area (Å²) in [6.45, 7) is 8.20. The molecule has 2 aliphatic heterocycles. The Morgan fingerprint density at radius 2 is 1.66 bits per heavy atom. The molecule has 206 valence electrons. The van der Waals surface area contributed by atoms with Gasteiger partial charge in [-0.15, -0.1) is 0 Å². The van der Waals surface area contributed by atoms with Crippen LogP contribution in [0, 0.1) is 10.8 Å². The lowest BCUT2D eigenvalue weighted by Crippen LogP contribution is -2.40. The maximum absolute atomic E-state index is 13.3. The number of likely N-dealkylation sites (tertiary alicyclic amines) is 1. The monoisotopic (exact) mass is 533 g/mol. The molecule has 8 nitrogen and oxygen atoms in total. The number of hydrogen-bond acceptors (Lipinski definition) is 5. The predicted octanol–water partition coefficient (Wildman–Crippen LogP) is 3.97. The van der Waals surface area contributed by atoms with Crippen molar-refractivity contribution in [2.75, 3.05) is 46.4 Å². The molecule has 2 unspecified atom stereocenters. The van der Waals surface area contributed by atoms with Crippen LogP contribution in [0.25, 0.3) is 0 Å². The highest BCUT2D eigenvalue weighted by molar-refractivity contribution is 5.94. The lowest BCUT2D eigenvalue weighted by atomic mass is 9.71. The van der Waals surface area contributed by atoms with Crippen LogP contribution in [0.15, 0.2) is 36.7 Å². The number of morpholine rings is 1. The van der Waals surface area contributed by atoms with E-state index in [-0.39, 0.29) is 28.8 Å². The molecule has 0 bridgehead atoms. The van der Waals surface area contributed by atoms with Crippen molar-refractivity contribution in [1.82, 2.24) is 24.5 Å². The van der Waals surface area contributed by atoms with Crippen LogP contribution in [0.3, 0.4) is 0 Å². The van der Waals surface area contributed by atoms with Gasteiger partial charge in [0.05, 0.1) is 30.5 Å². The Labute approximate surface area is 220 Å². The number of alkyl halides is 3. The van der Waals surface area contributed by atoms with Crippen molar-refractivity contribution in [1.29, 1.82) is 0 Å². The van der Waals surface area contributed by atoms with Gasteiger partial charge in [0, 0.05) is 45.0 Å². The second-order valence-electron chi connectivity index (χ2n) is 11.5. The number of rotatable bonds is 4. The van der Waals surface area contributed by atoms with Gasteiger partial charge >= 0.3 is 12.2 Å². The SMILES string of the molecule is CN(Cc1ccc(C(F)(F)F)cc1)C1CC2(C)CN(C(=O)n3cc(C(=O)N4CCOCC4)cn3)CC2(C)C1. The summed E-state index contributed by atoms with van der Waals surface area (Å²) in [7, 11) is 2.01. The number of hydrogen-bond donors (Lipinski definition) is 0. The van der Waals surface area contributed by atoms with Gasteiger partial charge in [-0.05, 0) is 48.4 Å². The number of ether oxygens (including phenoxy) is 1. The van der Waals surface area contributed by atoms with Crippen LogP contribution < -0.4 is 0 Å². The van der Waals surface area contributed by atoms with Crippen molar-refractivity contribution in [3.05, 3.63) is 53.3 Å². The van der Waals surface area contributed by atoms with Gasteiger partial charge in [0.15, 0.2) is 0 Å². The van der Waals surface area contributed by atoms with Crippen LogP contribution in [0.2, 0.25) is 0 Å². The first-order chi connectivity index (χ1) is 17.9. The third kappa shape index (κ3) is 4.93. The van der Waals surface area contributed by atoms with Gasteiger partial charge in [0.25, 0.3) is 5.91 Å². The van der Waals surface area contributed by atoms with E-state index in [1.54, 1.807) is 17.0 Å². The largest absolute Gasteiger partial charge is 0.416 e. The van der Waals surface area contributed by atoms with Gasteiger partial charge in [0.1, 0.15) is 0 Å². The molecule has 0 spiro atoms. The summed E-state index contributed by atoms with van der Waals surface area (Å²) in [6.07, 6.45) is 0.381. The highest BCUT2D eigenvalue weighted by Crippen LogP contribution is 2.58. The molecule has 0 N–H and O–H groups in total. The number of aromatic nitrogens is 2. The van der Waals surface area contributed by atoms with Crippen molar-refractivity contribution in [2.24, 2.45) is 10.8 Å². The molecule has 0 radical (unpaired) electrons. The average molecular weight is 534 g/mol. The lowest BCUT2D eigenvalue weighted by Gasteiger charge is -2.31. The molecule has 3 aliphatic rings. The van der Waals surface area contributed by atoms with Crippen LogP contribution in [-0.4, -0.2) is 88.9 Å². The number of nitrogens with zero attached hydrogens (tertiary/aromatic N) is 5. The molecule has 3 heterocycles. The van der Waals surface area contributed by atoms with E-state index in [1.165, 1.54) is 17.1 Å². The highest BCUT2D eigenvalue weighted by atomic mass is 19.4. The molecule has 1 saturated carbocycles. The van der Waals surface area contributed by atoms with Crippen molar-refractivity contribution in [3.63, 3.8) is 0 Å². The van der Waals surface area contributed by atoms with Gasteiger partial charge in [-0.1, -0.05) is 26.0 Å². The van der Waals surface area contributed by atoms with E-state index in [2.05, 4.69) is 23.8 Å². The molecule has 1 aromatic carbocycles. The number of amides is 2. The van der Waals surface area contributed by atoms with E-state index in [1.807, 2.05) is 11.9 Å². The fourth-order valence-electron chi connectivity index (χ4n) is 6.31. The van der Waals surface area contributed by atoms with Crippen LogP contribution in [0.4, 0.5) is 18.0 Å². The van der Waals surface area contributed by atoms with E-state index in [9.17, 15) is 22.8 Å². The summed E-state index contributed by atoms with van der Waals surface area (Å²) in [5, 5.41) is 4.20. The topological polar surface area (TPSA) is 70.9 Å². The van der Waals surface area contributed by atoms with Gasteiger partial charge in [-0.3, -0.25) is 9.69 Å². The molecule has 2 atom stereocenters. The molecule has 5 rings (SSSR count). The smallest absolute Gasteiger partial charge is 0.378 e. The second kappa shape index (κ2) is 9.68. The average Bonchev–Trinajstić information content (AvgIpc) is 3.53. The predicted molar refractivity (Wildman–Crippen MR) is 133 cm³/mol. The third-order valence-electron chi connectivity index (χ3n) is 8.84. The zero-order chi connectivity index (χ0) is 27.3. The molecular weight excluding hydrogens is 499 g/mol. The van der Waals surface area contributed by atoms with E-state index < -0.39 is 11.7 Å². The Kier molecular flexibility index (Phi) is 6.79. The van der Waals surface area contributed by atoms with Crippen LogP contribution in [-0.2, 0) is 17.5 Å². The second-order valence-corrected chi connectivity index (χ2v) is 11.5. The van der Waals surface area contributed by atoms with E-state index in [4.69, 9.17) is 4.74 Å². The van der Waals surface area contributed by atoms with Gasteiger partial charge in [-0.2, -0.15) is 23.0 Å². The minimum atomic E-state index is -4.34. The fourth-order valence-corrected chi connectivity index (χ4v) is 6.31. The lowest BCUT2D eigenvalue weighted by molar-refractivity contribution is -0.137. The minimum absolute atomic E-state index is 0.110. The zero-order valence-electron chi connectivity index (χ0n) is 22.0. The first kappa shape index (κ1) is 26.7. The van der Waals surface area contributed by atoms with E-state index in [0.29, 0.717) is 51.5 Å². The molecule has 38 heavy (non-hydrogen) atoms. The molecule has 2 aromatic rings. The van der Waals surface area contributed by atoms with Crippen LogP contribution in [0.1, 0.15) is 48.2 Å². The number of fused-ring (bicyclic) bond motifs is 1. The first-order valence-electron chi connectivity index (χ1n) is 13.0. The summed E-state index contributed by atoms with van der Waals surface area (Å²) >= 11 is 0. The summed E-state index contributed by atoms with van der Waals surface area (Å²) in [4.78, 5) is 31.8. The normalized spacial score (nSPS) is 27.7. The van der Waals surface area contributed by atoms with Crippen molar-refractivity contribution in [2.45, 2.75) is 45.5 Å². The number of benzene rings is 1. The molecule has 3 fully saturated rings. The van der Waals surface area contributed by atoms with Gasteiger partial charge < -0.3 is 14.5 Å². The van der Waals surface area contributed by atoms with Crippen molar-refractivity contribution < 1.29 is 27.5 Å². The third-order valence-corrected chi connectivity index (χ3v) is 8.84.